The smallest absolute Gasteiger partial charge is 0.399 e. The topological polar surface area (TPSA) is 47.2 Å². The van der Waals surface area contributed by atoms with Gasteiger partial charge in [0.15, 0.2) is 0 Å². The molecule has 1 aliphatic heterocycles. The van der Waals surface area contributed by atoms with Gasteiger partial charge in [-0.2, -0.15) is 5.26 Å². The predicted octanol–water partition coefficient (Wildman–Crippen LogP) is 1.50. The number of aromatic nitrogens is 1. The molecule has 1 aromatic rings. The number of rotatable bonds is 1. The van der Waals surface area contributed by atoms with Crippen LogP contribution in [0.25, 0.3) is 0 Å². The lowest BCUT2D eigenvalue weighted by molar-refractivity contribution is 0.00578. The largest absolute Gasteiger partial charge is 0.496 e. The highest BCUT2D eigenvalue weighted by molar-refractivity contribution is 6.62. The fraction of sp³-hybridized carbons (Fsp3) is 0.615. The lowest BCUT2D eigenvalue weighted by Crippen LogP contribution is -2.41. The molecule has 1 aliphatic rings. The Kier molecular flexibility index (Phi) is 2.84. The van der Waals surface area contributed by atoms with Crippen LogP contribution in [-0.2, 0) is 16.4 Å². The van der Waals surface area contributed by atoms with E-state index >= 15 is 0 Å². The Morgan fingerprint density at radius 1 is 1.22 bits per heavy atom. The molecule has 0 aromatic carbocycles. The summed E-state index contributed by atoms with van der Waals surface area (Å²) in [5.41, 5.74) is 1.86. The van der Waals surface area contributed by atoms with Crippen molar-refractivity contribution >= 4 is 12.6 Å². The minimum absolute atomic E-state index is 0.354. The molecule has 4 nitrogen and oxygen atoms in total. The Bertz CT molecular complexity index is 510. The van der Waals surface area contributed by atoms with E-state index in [0.29, 0.717) is 5.69 Å². The normalized spacial score (nSPS) is 21.1. The Morgan fingerprint density at radius 2 is 1.72 bits per heavy atom. The van der Waals surface area contributed by atoms with Crippen LogP contribution in [-0.4, -0.2) is 22.9 Å². The molecule has 2 rings (SSSR count). The maximum Gasteiger partial charge on any atom is 0.496 e. The van der Waals surface area contributed by atoms with Crippen molar-refractivity contribution in [1.82, 2.24) is 4.57 Å². The highest BCUT2D eigenvalue weighted by Gasteiger charge is 2.52. The van der Waals surface area contributed by atoms with Gasteiger partial charge in [-0.1, -0.05) is 0 Å². The molecule has 0 aliphatic carbocycles. The van der Waals surface area contributed by atoms with Gasteiger partial charge in [0.1, 0.15) is 11.8 Å². The summed E-state index contributed by atoms with van der Waals surface area (Å²) in [6.45, 7) is 10.1. The van der Waals surface area contributed by atoms with Gasteiger partial charge in [0.05, 0.1) is 11.2 Å². The molecule has 96 valence electrons. The van der Waals surface area contributed by atoms with Crippen molar-refractivity contribution in [2.75, 3.05) is 0 Å². The van der Waals surface area contributed by atoms with Crippen LogP contribution in [0, 0.1) is 18.3 Å². The van der Waals surface area contributed by atoms with Gasteiger partial charge in [-0.3, -0.25) is 0 Å². The molecule has 1 aromatic heterocycles. The van der Waals surface area contributed by atoms with E-state index in [9.17, 15) is 0 Å². The van der Waals surface area contributed by atoms with Crippen molar-refractivity contribution in [3.05, 3.63) is 17.5 Å². The molecule has 1 saturated heterocycles. The van der Waals surface area contributed by atoms with Crippen LogP contribution >= 0.6 is 0 Å². The van der Waals surface area contributed by atoms with Gasteiger partial charge in [-0.25, -0.2) is 0 Å². The first kappa shape index (κ1) is 13.2. The van der Waals surface area contributed by atoms with Crippen LogP contribution in [0.1, 0.15) is 39.1 Å². The Labute approximate surface area is 109 Å². The molecule has 1 fully saturated rings. The Balaban J connectivity index is 2.39. The SMILES string of the molecule is Cc1c(B2OC(C)(C)C(C)(C)O2)cc(C#N)n1C. The second-order valence-corrected chi connectivity index (χ2v) is 5.83. The van der Waals surface area contributed by atoms with Crippen molar-refractivity contribution < 1.29 is 9.31 Å². The quantitative estimate of drug-likeness (QED) is 0.705. The van der Waals surface area contributed by atoms with E-state index in [4.69, 9.17) is 14.6 Å². The lowest BCUT2D eigenvalue weighted by Gasteiger charge is -2.32. The van der Waals surface area contributed by atoms with E-state index in [1.807, 2.05) is 52.3 Å². The summed E-state index contributed by atoms with van der Waals surface area (Å²) < 4.78 is 13.9. The van der Waals surface area contributed by atoms with Crippen molar-refractivity contribution in [2.45, 2.75) is 45.8 Å². The number of hydrogen-bond donors (Lipinski definition) is 0. The van der Waals surface area contributed by atoms with Crippen LogP contribution in [0.5, 0.6) is 0 Å². The van der Waals surface area contributed by atoms with E-state index < -0.39 is 7.12 Å². The van der Waals surface area contributed by atoms with E-state index in [-0.39, 0.29) is 11.2 Å². The summed E-state index contributed by atoms with van der Waals surface area (Å²) in [5.74, 6) is 0. The predicted molar refractivity (Wildman–Crippen MR) is 70.6 cm³/mol. The third kappa shape index (κ3) is 1.77. The zero-order valence-corrected chi connectivity index (χ0v) is 11.9. The molecule has 0 saturated carbocycles. The van der Waals surface area contributed by atoms with E-state index in [2.05, 4.69) is 6.07 Å². The van der Waals surface area contributed by atoms with Gasteiger partial charge in [0.2, 0.25) is 0 Å². The average molecular weight is 246 g/mol. The van der Waals surface area contributed by atoms with Crippen molar-refractivity contribution in [1.29, 1.82) is 5.26 Å². The first-order chi connectivity index (χ1) is 8.19. The molecule has 0 radical (unpaired) electrons. The lowest BCUT2D eigenvalue weighted by atomic mass is 9.79. The van der Waals surface area contributed by atoms with Crippen LogP contribution in [0.3, 0.4) is 0 Å². The fourth-order valence-electron chi connectivity index (χ4n) is 2.04. The minimum atomic E-state index is -0.400. The third-order valence-corrected chi connectivity index (χ3v) is 4.20. The maximum atomic E-state index is 9.05. The average Bonchev–Trinajstić information content (AvgIpc) is 2.64. The van der Waals surface area contributed by atoms with Crippen molar-refractivity contribution in [3.8, 4) is 6.07 Å². The fourth-order valence-corrected chi connectivity index (χ4v) is 2.04. The summed E-state index contributed by atoms with van der Waals surface area (Å²) in [4.78, 5) is 0. The first-order valence-corrected chi connectivity index (χ1v) is 6.11. The van der Waals surface area contributed by atoms with Gasteiger partial charge >= 0.3 is 7.12 Å². The van der Waals surface area contributed by atoms with Crippen molar-refractivity contribution in [2.24, 2.45) is 7.05 Å². The number of nitriles is 1. The van der Waals surface area contributed by atoms with E-state index in [0.717, 1.165) is 11.2 Å². The zero-order chi connectivity index (χ0) is 13.7. The molecule has 2 heterocycles. The molecule has 0 spiro atoms. The molecular formula is C13H19BN2O2. The summed E-state index contributed by atoms with van der Waals surface area (Å²) in [6.07, 6.45) is 0. The molecule has 0 unspecified atom stereocenters. The summed E-state index contributed by atoms with van der Waals surface area (Å²) >= 11 is 0. The first-order valence-electron chi connectivity index (χ1n) is 6.11. The van der Waals surface area contributed by atoms with Gasteiger partial charge < -0.3 is 13.9 Å². The standard InChI is InChI=1S/C13H19BN2O2/c1-9-11(7-10(8-15)16(9)6)14-17-12(2,3)13(4,5)18-14/h7H,1-6H3. The molecule has 0 N–H and O–H groups in total. The van der Waals surface area contributed by atoms with Crippen LogP contribution in [0.15, 0.2) is 6.07 Å². The monoisotopic (exact) mass is 246 g/mol. The van der Waals surface area contributed by atoms with Gasteiger partial charge in [-0.15, -0.1) is 0 Å². The van der Waals surface area contributed by atoms with Gasteiger partial charge in [-0.05, 0) is 40.7 Å². The molecular weight excluding hydrogens is 227 g/mol. The summed E-state index contributed by atoms with van der Waals surface area (Å²) in [5, 5.41) is 9.05. The number of nitrogens with zero attached hydrogens (tertiary/aromatic N) is 2. The Hall–Kier alpha value is -1.25. The van der Waals surface area contributed by atoms with Gasteiger partial charge in [0, 0.05) is 18.2 Å². The highest BCUT2D eigenvalue weighted by Crippen LogP contribution is 2.36. The van der Waals surface area contributed by atoms with Crippen LogP contribution in [0.2, 0.25) is 0 Å². The molecule has 0 bridgehead atoms. The van der Waals surface area contributed by atoms with Crippen LogP contribution < -0.4 is 5.46 Å². The molecule has 5 heteroatoms. The number of hydrogen-bond acceptors (Lipinski definition) is 3. The second-order valence-electron chi connectivity index (χ2n) is 5.83. The van der Waals surface area contributed by atoms with E-state index in [1.54, 1.807) is 0 Å². The van der Waals surface area contributed by atoms with Crippen molar-refractivity contribution in [3.63, 3.8) is 0 Å². The van der Waals surface area contributed by atoms with Crippen LogP contribution in [0.4, 0.5) is 0 Å². The maximum absolute atomic E-state index is 9.05. The summed E-state index contributed by atoms with van der Waals surface area (Å²) in [6, 6.07) is 4.02. The summed E-state index contributed by atoms with van der Waals surface area (Å²) in [7, 11) is 1.48. The zero-order valence-electron chi connectivity index (χ0n) is 11.9. The minimum Gasteiger partial charge on any atom is -0.399 e. The second kappa shape index (κ2) is 3.87. The third-order valence-electron chi connectivity index (χ3n) is 4.20. The Morgan fingerprint density at radius 3 is 2.11 bits per heavy atom. The van der Waals surface area contributed by atoms with Gasteiger partial charge in [0.25, 0.3) is 0 Å². The molecule has 0 amide bonds. The molecule has 0 atom stereocenters. The highest BCUT2D eigenvalue weighted by atomic mass is 16.7. The van der Waals surface area contributed by atoms with E-state index in [1.165, 1.54) is 0 Å². The molecule has 18 heavy (non-hydrogen) atoms.